The van der Waals surface area contributed by atoms with Crippen molar-refractivity contribution in [3.63, 3.8) is 0 Å². The molecule has 2 rings (SSSR count). The summed E-state index contributed by atoms with van der Waals surface area (Å²) in [6.45, 7) is 5.76. The van der Waals surface area contributed by atoms with Gasteiger partial charge in [-0.05, 0) is 44.7 Å². The molecule has 0 saturated heterocycles. The molecule has 0 spiro atoms. The maximum atomic E-state index is 5.81. The van der Waals surface area contributed by atoms with Gasteiger partial charge in [-0.2, -0.15) is 0 Å². The number of aryl methyl sites for hydroxylation is 2. The van der Waals surface area contributed by atoms with Crippen molar-refractivity contribution in [2.45, 2.75) is 26.9 Å². The minimum absolute atomic E-state index is 0.786. The number of hydrogen-bond donors (Lipinski definition) is 1. The first kappa shape index (κ1) is 13.7. The smallest absolute Gasteiger partial charge is 0.123 e. The summed E-state index contributed by atoms with van der Waals surface area (Å²) < 4.78 is 5.81. The van der Waals surface area contributed by atoms with Gasteiger partial charge in [-0.15, -0.1) is 0 Å². The van der Waals surface area contributed by atoms with Crippen LogP contribution in [0.4, 0.5) is 5.69 Å². The first-order valence-corrected chi connectivity index (χ1v) is 6.60. The highest BCUT2D eigenvalue weighted by molar-refractivity contribution is 5.47. The molecule has 1 aromatic carbocycles. The van der Waals surface area contributed by atoms with E-state index in [0.717, 1.165) is 24.6 Å². The Morgan fingerprint density at radius 1 is 1.21 bits per heavy atom. The largest absolute Gasteiger partial charge is 0.464 e. The van der Waals surface area contributed by atoms with E-state index >= 15 is 0 Å². The highest BCUT2D eigenvalue weighted by Gasteiger charge is 2.09. The molecule has 1 N–H and O–H groups in total. The van der Waals surface area contributed by atoms with Crippen LogP contribution in [-0.4, -0.2) is 14.1 Å². The normalized spacial score (nSPS) is 10.7. The third-order valence-electron chi connectivity index (χ3n) is 3.27. The van der Waals surface area contributed by atoms with E-state index in [1.165, 1.54) is 16.8 Å². The topological polar surface area (TPSA) is 28.4 Å². The van der Waals surface area contributed by atoms with Gasteiger partial charge in [0.1, 0.15) is 11.5 Å². The fourth-order valence-electron chi connectivity index (χ4n) is 2.22. The van der Waals surface area contributed by atoms with Gasteiger partial charge in [0.25, 0.3) is 0 Å². The number of benzene rings is 1. The number of nitrogens with zero attached hydrogens (tertiary/aromatic N) is 1. The number of rotatable bonds is 5. The van der Waals surface area contributed by atoms with Gasteiger partial charge < -0.3 is 14.6 Å². The molecule has 0 aliphatic heterocycles. The molecule has 0 aliphatic rings. The van der Waals surface area contributed by atoms with E-state index in [1.54, 1.807) is 0 Å². The standard InChI is InChI=1S/C16H22N2O/c1-12-6-5-7-15(8-12)18(4)11-16-9-14(10-17-3)13(2)19-16/h5-9,17H,10-11H2,1-4H3. The zero-order chi connectivity index (χ0) is 13.8. The van der Waals surface area contributed by atoms with E-state index in [-0.39, 0.29) is 0 Å². The van der Waals surface area contributed by atoms with Crippen LogP contribution in [0.15, 0.2) is 34.7 Å². The maximum absolute atomic E-state index is 5.81. The van der Waals surface area contributed by atoms with Gasteiger partial charge in [-0.3, -0.25) is 0 Å². The lowest BCUT2D eigenvalue weighted by atomic mass is 10.2. The molecule has 1 heterocycles. The second kappa shape index (κ2) is 5.93. The Hall–Kier alpha value is -1.74. The monoisotopic (exact) mass is 258 g/mol. The molecule has 0 bridgehead atoms. The van der Waals surface area contributed by atoms with Gasteiger partial charge >= 0.3 is 0 Å². The molecule has 1 aromatic heterocycles. The molecular weight excluding hydrogens is 236 g/mol. The summed E-state index contributed by atoms with van der Waals surface area (Å²) in [5.41, 5.74) is 3.72. The maximum Gasteiger partial charge on any atom is 0.123 e. The molecule has 0 saturated carbocycles. The van der Waals surface area contributed by atoms with E-state index in [9.17, 15) is 0 Å². The van der Waals surface area contributed by atoms with Crippen LogP contribution in [-0.2, 0) is 13.1 Å². The Balaban J connectivity index is 2.10. The van der Waals surface area contributed by atoms with Crippen molar-refractivity contribution in [2.24, 2.45) is 0 Å². The van der Waals surface area contributed by atoms with Crippen LogP contribution in [0.5, 0.6) is 0 Å². The lowest BCUT2D eigenvalue weighted by Gasteiger charge is -2.18. The van der Waals surface area contributed by atoms with Gasteiger partial charge in [0, 0.05) is 24.8 Å². The number of hydrogen-bond acceptors (Lipinski definition) is 3. The van der Waals surface area contributed by atoms with Gasteiger partial charge in [0.05, 0.1) is 6.54 Å². The van der Waals surface area contributed by atoms with Crippen LogP contribution in [0.25, 0.3) is 0 Å². The lowest BCUT2D eigenvalue weighted by molar-refractivity contribution is 0.478. The van der Waals surface area contributed by atoms with Gasteiger partial charge in [-0.25, -0.2) is 0 Å². The average Bonchev–Trinajstić information content (AvgIpc) is 2.70. The van der Waals surface area contributed by atoms with E-state index in [4.69, 9.17) is 4.42 Å². The van der Waals surface area contributed by atoms with Crippen LogP contribution in [0.1, 0.15) is 22.6 Å². The molecule has 3 nitrogen and oxygen atoms in total. The van der Waals surface area contributed by atoms with Crippen molar-refractivity contribution in [3.05, 3.63) is 53.0 Å². The molecule has 3 heteroatoms. The molecule has 0 fully saturated rings. The zero-order valence-electron chi connectivity index (χ0n) is 12.2. The second-order valence-corrected chi connectivity index (χ2v) is 5.02. The van der Waals surface area contributed by atoms with Crippen molar-refractivity contribution >= 4 is 5.69 Å². The Bertz CT molecular complexity index is 545. The van der Waals surface area contributed by atoms with Crippen LogP contribution in [0, 0.1) is 13.8 Å². The lowest BCUT2D eigenvalue weighted by Crippen LogP contribution is -2.15. The summed E-state index contributed by atoms with van der Waals surface area (Å²) in [6, 6.07) is 10.6. The summed E-state index contributed by atoms with van der Waals surface area (Å²) in [5, 5.41) is 3.16. The minimum atomic E-state index is 0.786. The fourth-order valence-corrected chi connectivity index (χ4v) is 2.22. The van der Waals surface area contributed by atoms with Crippen LogP contribution < -0.4 is 10.2 Å². The predicted molar refractivity (Wildman–Crippen MR) is 79.5 cm³/mol. The van der Waals surface area contributed by atoms with Crippen molar-refractivity contribution in [3.8, 4) is 0 Å². The summed E-state index contributed by atoms with van der Waals surface area (Å²) in [7, 11) is 4.04. The Morgan fingerprint density at radius 3 is 2.68 bits per heavy atom. The van der Waals surface area contributed by atoms with E-state index in [1.807, 2.05) is 14.0 Å². The number of anilines is 1. The molecule has 102 valence electrons. The summed E-state index contributed by atoms with van der Waals surface area (Å²) >= 11 is 0. The van der Waals surface area contributed by atoms with E-state index in [0.29, 0.717) is 0 Å². The fraction of sp³-hybridized carbons (Fsp3) is 0.375. The second-order valence-electron chi connectivity index (χ2n) is 5.02. The van der Waals surface area contributed by atoms with Gasteiger partial charge in [0.2, 0.25) is 0 Å². The van der Waals surface area contributed by atoms with Crippen LogP contribution in [0.2, 0.25) is 0 Å². The summed E-state index contributed by atoms with van der Waals surface area (Å²) in [4.78, 5) is 2.20. The molecular formula is C16H22N2O. The molecule has 0 radical (unpaired) electrons. The summed E-state index contributed by atoms with van der Waals surface area (Å²) in [5.74, 6) is 2.01. The Kier molecular flexibility index (Phi) is 4.27. The van der Waals surface area contributed by atoms with Crippen LogP contribution >= 0.6 is 0 Å². The molecule has 19 heavy (non-hydrogen) atoms. The third-order valence-corrected chi connectivity index (χ3v) is 3.27. The number of nitrogens with one attached hydrogen (secondary N) is 1. The quantitative estimate of drug-likeness (QED) is 0.892. The minimum Gasteiger partial charge on any atom is -0.464 e. The highest BCUT2D eigenvalue weighted by atomic mass is 16.3. The molecule has 2 aromatic rings. The Labute approximate surface area is 115 Å². The molecule has 0 amide bonds. The zero-order valence-corrected chi connectivity index (χ0v) is 12.2. The third kappa shape index (κ3) is 3.38. The first-order valence-electron chi connectivity index (χ1n) is 6.60. The van der Waals surface area contributed by atoms with E-state index < -0.39 is 0 Å². The molecule has 0 atom stereocenters. The number of furan rings is 1. The summed E-state index contributed by atoms with van der Waals surface area (Å²) in [6.07, 6.45) is 0. The van der Waals surface area contributed by atoms with Gasteiger partial charge in [0.15, 0.2) is 0 Å². The van der Waals surface area contributed by atoms with Crippen LogP contribution in [0.3, 0.4) is 0 Å². The average molecular weight is 258 g/mol. The van der Waals surface area contributed by atoms with Crippen molar-refractivity contribution in [1.82, 2.24) is 5.32 Å². The SMILES string of the molecule is CNCc1cc(CN(C)c2cccc(C)c2)oc1C. The van der Waals surface area contributed by atoms with E-state index in [2.05, 4.69) is 54.5 Å². The van der Waals surface area contributed by atoms with Crippen molar-refractivity contribution < 1.29 is 4.42 Å². The van der Waals surface area contributed by atoms with Gasteiger partial charge in [-0.1, -0.05) is 12.1 Å². The molecule has 0 aliphatic carbocycles. The first-order chi connectivity index (χ1) is 9.10. The molecule has 0 unspecified atom stereocenters. The highest BCUT2D eigenvalue weighted by Crippen LogP contribution is 2.20. The Morgan fingerprint density at radius 2 is 2.00 bits per heavy atom. The van der Waals surface area contributed by atoms with Crippen molar-refractivity contribution in [2.75, 3.05) is 19.0 Å². The van der Waals surface area contributed by atoms with Crippen molar-refractivity contribution in [1.29, 1.82) is 0 Å². The predicted octanol–water partition coefficient (Wildman–Crippen LogP) is 3.25.